The van der Waals surface area contributed by atoms with E-state index in [9.17, 15) is 17.6 Å². The third-order valence-electron chi connectivity index (χ3n) is 4.96. The van der Waals surface area contributed by atoms with Gasteiger partial charge in [-0.1, -0.05) is 23.5 Å². The maximum atomic E-state index is 14.2. The number of thiophene rings is 1. The van der Waals surface area contributed by atoms with Crippen LogP contribution in [-0.2, 0) is 0 Å². The maximum Gasteiger partial charge on any atom is 0.226 e. The van der Waals surface area contributed by atoms with E-state index in [2.05, 4.69) is 24.9 Å². The van der Waals surface area contributed by atoms with Crippen LogP contribution in [0.25, 0.3) is 9.81 Å². The van der Waals surface area contributed by atoms with Gasteiger partial charge in [-0.2, -0.15) is 4.39 Å². The average Bonchev–Trinajstić information content (AvgIpc) is 3.31. The van der Waals surface area contributed by atoms with E-state index < -0.39 is 29.5 Å². The normalized spacial score (nSPS) is 21.3. The van der Waals surface area contributed by atoms with Gasteiger partial charge in [-0.3, -0.25) is 4.98 Å². The molecule has 2 aliphatic rings. The van der Waals surface area contributed by atoms with Gasteiger partial charge in [0, 0.05) is 27.7 Å². The molecule has 2 aromatic rings. The molecule has 0 amide bonds. The van der Waals surface area contributed by atoms with Crippen LogP contribution in [-0.4, -0.2) is 17.5 Å². The quantitative estimate of drug-likeness (QED) is 0.325. The lowest BCUT2D eigenvalue weighted by atomic mass is 10.0. The Kier molecular flexibility index (Phi) is 6.37. The van der Waals surface area contributed by atoms with E-state index in [0.717, 1.165) is 15.3 Å². The van der Waals surface area contributed by atoms with E-state index in [-0.39, 0.29) is 10.9 Å². The highest BCUT2D eigenvalue weighted by Crippen LogP contribution is 2.49. The van der Waals surface area contributed by atoms with Crippen LogP contribution < -0.4 is 15.2 Å². The highest BCUT2D eigenvalue weighted by molar-refractivity contribution is 8.35. The second-order valence-electron chi connectivity index (χ2n) is 7.07. The zero-order chi connectivity index (χ0) is 23.2. The van der Waals surface area contributed by atoms with Crippen molar-refractivity contribution in [1.29, 1.82) is 5.41 Å². The molecular formula is C22H17F4N3S3. The number of pyridine rings is 1. The molecule has 166 valence electrons. The lowest BCUT2D eigenvalue weighted by Crippen LogP contribution is -2.30. The van der Waals surface area contributed by atoms with E-state index in [1.807, 2.05) is 6.92 Å². The standard InChI is InChI=1S/C22H17F4N3S3/c1-9-6-15(32-19(9)22-30-10(2)11(3)31-22)12-4-5-14(28-8-12)13(7-27)16-17(23)20(25)29-21(26)18(16)24/h4-8,20,27,29H,1-3H3/b14-13-,15-12+,27-7?. The fraction of sp³-hybridized carbons (Fsp3) is 0.182. The summed E-state index contributed by atoms with van der Waals surface area (Å²) in [6, 6.07) is 5.24. The number of aromatic nitrogens is 1. The molecule has 2 N–H and O–H groups in total. The molecule has 3 nitrogen and oxygen atoms in total. The predicted octanol–water partition coefficient (Wildman–Crippen LogP) is 5.57. The molecule has 1 unspecified atom stereocenters. The molecule has 1 atom stereocenters. The molecule has 2 aliphatic heterocycles. The molecule has 0 saturated carbocycles. The van der Waals surface area contributed by atoms with Crippen molar-refractivity contribution in [2.75, 3.05) is 0 Å². The molecule has 4 rings (SSSR count). The summed E-state index contributed by atoms with van der Waals surface area (Å²) in [6.45, 7) is 6.23. The first-order chi connectivity index (χ1) is 15.2. The number of hydrogen-bond donors (Lipinski definition) is 2. The van der Waals surface area contributed by atoms with Crippen molar-refractivity contribution in [2.45, 2.75) is 27.1 Å². The number of halogens is 4. The highest BCUT2D eigenvalue weighted by Gasteiger charge is 2.32. The summed E-state index contributed by atoms with van der Waals surface area (Å²) in [6.07, 6.45) is -0.373. The van der Waals surface area contributed by atoms with Gasteiger partial charge in [0.1, 0.15) is 0 Å². The van der Waals surface area contributed by atoms with Crippen LogP contribution in [0.5, 0.6) is 0 Å². The number of hydrogen-bond acceptors (Lipinski definition) is 6. The van der Waals surface area contributed by atoms with Crippen molar-refractivity contribution in [3.05, 3.63) is 82.6 Å². The van der Waals surface area contributed by atoms with Crippen molar-refractivity contribution in [1.82, 2.24) is 10.3 Å². The third-order valence-corrected chi connectivity index (χ3v) is 9.15. The molecule has 0 aliphatic carbocycles. The van der Waals surface area contributed by atoms with Gasteiger partial charge in [-0.25, -0.2) is 13.2 Å². The summed E-state index contributed by atoms with van der Waals surface area (Å²) in [5, 5.41) is 9.81. The van der Waals surface area contributed by atoms with Crippen molar-refractivity contribution in [3.63, 3.8) is 0 Å². The van der Waals surface area contributed by atoms with E-state index >= 15 is 0 Å². The number of dihydropyridines is 1. The number of nitrogens with one attached hydrogen (secondary N) is 2. The molecule has 0 bridgehead atoms. The first-order valence-electron chi connectivity index (χ1n) is 9.42. The van der Waals surface area contributed by atoms with Gasteiger partial charge >= 0.3 is 0 Å². The minimum Gasteiger partial charge on any atom is -0.324 e. The van der Waals surface area contributed by atoms with Gasteiger partial charge < -0.3 is 10.7 Å². The minimum absolute atomic E-state index is 0.0335. The topological polar surface area (TPSA) is 48.8 Å². The maximum absolute atomic E-state index is 14.2. The Morgan fingerprint density at radius 2 is 1.81 bits per heavy atom. The van der Waals surface area contributed by atoms with Crippen LogP contribution >= 0.6 is 34.9 Å². The van der Waals surface area contributed by atoms with Gasteiger partial charge in [0.05, 0.1) is 19.7 Å². The van der Waals surface area contributed by atoms with Crippen molar-refractivity contribution in [3.8, 4) is 0 Å². The van der Waals surface area contributed by atoms with E-state index in [4.69, 9.17) is 5.41 Å². The second-order valence-corrected chi connectivity index (χ2v) is 10.8. The lowest BCUT2D eigenvalue weighted by Gasteiger charge is -2.18. The number of rotatable bonds is 2. The minimum atomic E-state index is -2.53. The molecule has 0 fully saturated rings. The van der Waals surface area contributed by atoms with Gasteiger partial charge in [0.2, 0.25) is 12.2 Å². The Labute approximate surface area is 193 Å². The number of thioether (sulfide) groups is 2. The zero-order valence-corrected chi connectivity index (χ0v) is 19.6. The van der Waals surface area contributed by atoms with Crippen LogP contribution in [0.1, 0.15) is 19.4 Å². The highest BCUT2D eigenvalue weighted by atomic mass is 32.2. The van der Waals surface area contributed by atoms with E-state index in [1.54, 1.807) is 40.9 Å². The van der Waals surface area contributed by atoms with Gasteiger partial charge in [0.25, 0.3) is 0 Å². The average molecular weight is 496 g/mol. The van der Waals surface area contributed by atoms with Crippen LogP contribution in [0.2, 0.25) is 0 Å². The van der Waals surface area contributed by atoms with E-state index in [0.29, 0.717) is 6.21 Å². The summed E-state index contributed by atoms with van der Waals surface area (Å²) >= 11 is 5.13. The lowest BCUT2D eigenvalue weighted by molar-refractivity contribution is 0.255. The molecule has 2 aromatic heterocycles. The predicted molar refractivity (Wildman–Crippen MR) is 125 cm³/mol. The summed E-state index contributed by atoms with van der Waals surface area (Å²) < 4.78 is 59.1. The molecule has 0 saturated heterocycles. The van der Waals surface area contributed by atoms with Crippen molar-refractivity contribution in [2.24, 2.45) is 0 Å². The van der Waals surface area contributed by atoms with Gasteiger partial charge in [0.15, 0.2) is 11.7 Å². The molecule has 10 heteroatoms. The summed E-state index contributed by atoms with van der Waals surface area (Å²) in [5.74, 6) is -4.75. The van der Waals surface area contributed by atoms with Crippen molar-refractivity contribution < 1.29 is 17.6 Å². The number of nitrogens with zero attached hydrogens (tertiary/aromatic N) is 1. The fourth-order valence-electron chi connectivity index (χ4n) is 3.16. The van der Waals surface area contributed by atoms with Crippen molar-refractivity contribution >= 4 is 50.9 Å². The fourth-order valence-corrected chi connectivity index (χ4v) is 7.18. The number of allylic oxidation sites excluding steroid dienone is 4. The zero-order valence-electron chi connectivity index (χ0n) is 17.1. The number of alkyl halides is 1. The van der Waals surface area contributed by atoms with Crippen LogP contribution in [0.3, 0.4) is 0 Å². The SMILES string of the molecule is CC1=C(C)SC(=c2s/c(=c3\cc/c(=C(\C=N)C4=C(F)C(F)NC(F)=C4F)nc3)cc2C)S1. The second kappa shape index (κ2) is 8.92. The largest absolute Gasteiger partial charge is 0.324 e. The van der Waals surface area contributed by atoms with Gasteiger partial charge in [-0.15, -0.1) is 11.3 Å². The molecule has 32 heavy (non-hydrogen) atoms. The smallest absolute Gasteiger partial charge is 0.226 e. The van der Waals surface area contributed by atoms with Crippen LogP contribution in [0, 0.1) is 22.1 Å². The molecular weight excluding hydrogens is 478 g/mol. The molecule has 0 aromatic carbocycles. The Morgan fingerprint density at radius 1 is 1.12 bits per heavy atom. The first kappa shape index (κ1) is 22.9. The molecule has 4 heterocycles. The summed E-state index contributed by atoms with van der Waals surface area (Å²) in [5.41, 5.74) is -0.152. The van der Waals surface area contributed by atoms with E-state index in [1.165, 1.54) is 36.2 Å². The molecule has 0 spiro atoms. The first-order valence-corrected chi connectivity index (χ1v) is 11.9. The number of aryl methyl sites for hydroxylation is 1. The Balaban J connectivity index is 1.87. The Bertz CT molecular complexity index is 1410. The van der Waals surface area contributed by atoms with Gasteiger partial charge in [-0.05, 0) is 54.3 Å². The monoisotopic (exact) mass is 495 g/mol. The summed E-state index contributed by atoms with van der Waals surface area (Å²) in [7, 11) is 0. The third kappa shape index (κ3) is 4.06. The van der Waals surface area contributed by atoms with Crippen LogP contribution in [0.15, 0.2) is 57.4 Å². The summed E-state index contributed by atoms with van der Waals surface area (Å²) in [4.78, 5) is 6.79. The van der Waals surface area contributed by atoms with Crippen LogP contribution in [0.4, 0.5) is 17.6 Å². The Hall–Kier alpha value is -2.30. The molecule has 0 radical (unpaired) electrons. The Morgan fingerprint density at radius 3 is 2.41 bits per heavy atom.